The van der Waals surface area contributed by atoms with Crippen molar-refractivity contribution >= 4 is 18.0 Å². The fraction of sp³-hybridized carbons (Fsp3) is 0.548. The first-order valence-corrected chi connectivity index (χ1v) is 14.4. The van der Waals surface area contributed by atoms with Gasteiger partial charge in [0.2, 0.25) is 0 Å². The summed E-state index contributed by atoms with van der Waals surface area (Å²) in [6.45, 7) is 12.2. The minimum absolute atomic E-state index is 0.00954. The molecule has 1 saturated heterocycles. The number of carbonyl (C=O) groups excluding carboxylic acids is 2. The number of aromatic carboxylic acids is 1. The van der Waals surface area contributed by atoms with Gasteiger partial charge in [0.25, 0.3) is 5.91 Å². The maximum absolute atomic E-state index is 12.1. The highest BCUT2D eigenvalue weighted by molar-refractivity contribution is 6.00. The Hall–Kier alpha value is -3.70. The number of hydrogen-bond acceptors (Lipinski definition) is 8. The number of methoxy groups -OCH3 is 1. The van der Waals surface area contributed by atoms with E-state index in [0.717, 1.165) is 56.8 Å². The summed E-state index contributed by atoms with van der Waals surface area (Å²) in [5.74, 6) is -1.15. The molecule has 0 unspecified atom stereocenters. The fourth-order valence-corrected chi connectivity index (χ4v) is 4.46. The van der Waals surface area contributed by atoms with E-state index in [0.29, 0.717) is 12.2 Å². The number of phenols is 1. The van der Waals surface area contributed by atoms with Gasteiger partial charge in [0.05, 0.1) is 17.7 Å². The van der Waals surface area contributed by atoms with Gasteiger partial charge in [0, 0.05) is 64.7 Å². The standard InChI is InChI=1S/C19H29N3O2.C12H15NO5/c1-19(2,3)24-18(23)22-12-10-21(11-13-22)9-8-17-7-6-16(14-20-17)15-4-5-15;1-7-5-10(14)9(6-8(7)12(16)17)11(15)13-3-4-18-2/h6-7,14-15H,4-5,8-13H2,1-3H3;5-6,14H,3-4H2,1-2H3,(H,13,15)(H,16,17). The zero-order chi connectivity index (χ0) is 30.9. The van der Waals surface area contributed by atoms with Crippen LogP contribution in [0.2, 0.25) is 0 Å². The molecular formula is C31H44N4O7. The number of carboxylic acids is 1. The molecule has 1 saturated carbocycles. The Bertz CT molecular complexity index is 1220. The monoisotopic (exact) mass is 584 g/mol. The highest BCUT2D eigenvalue weighted by Crippen LogP contribution is 2.39. The predicted octanol–water partition coefficient (Wildman–Crippen LogP) is 3.83. The van der Waals surface area contributed by atoms with Crippen LogP contribution in [-0.4, -0.2) is 102 Å². The quantitative estimate of drug-likeness (QED) is 0.375. The van der Waals surface area contributed by atoms with Crippen molar-refractivity contribution in [2.45, 2.75) is 58.5 Å². The lowest BCUT2D eigenvalue weighted by molar-refractivity contribution is 0.0145. The minimum Gasteiger partial charge on any atom is -0.507 e. The molecule has 0 radical (unpaired) electrons. The second kappa shape index (κ2) is 15.0. The van der Waals surface area contributed by atoms with Crippen molar-refractivity contribution in [2.24, 2.45) is 0 Å². The number of pyridine rings is 1. The zero-order valence-corrected chi connectivity index (χ0v) is 25.3. The minimum atomic E-state index is -1.14. The molecule has 42 heavy (non-hydrogen) atoms. The van der Waals surface area contributed by atoms with Gasteiger partial charge in [-0.25, -0.2) is 9.59 Å². The number of phenolic OH excluding ortho intramolecular Hbond substituents is 1. The first-order valence-electron chi connectivity index (χ1n) is 14.4. The van der Waals surface area contributed by atoms with Crippen LogP contribution < -0.4 is 5.32 Å². The lowest BCUT2D eigenvalue weighted by Gasteiger charge is -2.35. The number of piperazine rings is 1. The van der Waals surface area contributed by atoms with Crippen molar-refractivity contribution in [3.63, 3.8) is 0 Å². The second-order valence-electron chi connectivity index (χ2n) is 11.7. The molecule has 1 aliphatic heterocycles. The predicted molar refractivity (Wildman–Crippen MR) is 158 cm³/mol. The number of carboxylic acid groups (broad SMARTS) is 1. The van der Waals surface area contributed by atoms with E-state index < -0.39 is 17.5 Å². The van der Waals surface area contributed by atoms with E-state index in [4.69, 9.17) is 14.6 Å². The lowest BCUT2D eigenvalue weighted by Crippen LogP contribution is -2.50. The molecule has 11 heteroatoms. The molecule has 2 amide bonds. The number of carbonyl (C=O) groups is 3. The van der Waals surface area contributed by atoms with Crippen LogP contribution in [0.3, 0.4) is 0 Å². The molecule has 1 aromatic heterocycles. The van der Waals surface area contributed by atoms with Crippen LogP contribution in [0, 0.1) is 6.92 Å². The maximum Gasteiger partial charge on any atom is 0.410 e. The van der Waals surface area contributed by atoms with Gasteiger partial charge in [0.15, 0.2) is 0 Å². The van der Waals surface area contributed by atoms with Crippen LogP contribution in [0.4, 0.5) is 4.79 Å². The summed E-state index contributed by atoms with van der Waals surface area (Å²) < 4.78 is 10.2. The largest absolute Gasteiger partial charge is 0.507 e. The van der Waals surface area contributed by atoms with Crippen molar-refractivity contribution in [3.8, 4) is 5.75 Å². The third kappa shape index (κ3) is 10.3. The molecule has 230 valence electrons. The molecule has 4 rings (SSSR count). The first-order chi connectivity index (χ1) is 19.9. The average Bonchev–Trinajstić information content (AvgIpc) is 3.78. The molecule has 0 spiro atoms. The van der Waals surface area contributed by atoms with Crippen LogP contribution in [0.5, 0.6) is 5.75 Å². The van der Waals surface area contributed by atoms with Crippen molar-refractivity contribution in [1.29, 1.82) is 0 Å². The van der Waals surface area contributed by atoms with Crippen molar-refractivity contribution < 1.29 is 34.1 Å². The maximum atomic E-state index is 12.1. The van der Waals surface area contributed by atoms with Gasteiger partial charge in [-0.3, -0.25) is 14.7 Å². The van der Waals surface area contributed by atoms with E-state index in [1.807, 2.05) is 31.9 Å². The Morgan fingerprint density at radius 2 is 1.76 bits per heavy atom. The summed E-state index contributed by atoms with van der Waals surface area (Å²) >= 11 is 0. The third-order valence-electron chi connectivity index (χ3n) is 7.01. The smallest absolute Gasteiger partial charge is 0.410 e. The molecule has 0 bridgehead atoms. The number of ether oxygens (including phenoxy) is 2. The first kappa shape index (κ1) is 32.8. The van der Waals surface area contributed by atoms with Gasteiger partial charge in [-0.15, -0.1) is 0 Å². The molecule has 1 aliphatic carbocycles. The molecule has 2 heterocycles. The summed E-state index contributed by atoms with van der Waals surface area (Å²) in [5.41, 5.74) is 2.46. The van der Waals surface area contributed by atoms with Crippen molar-refractivity contribution in [3.05, 3.63) is 58.4 Å². The zero-order valence-electron chi connectivity index (χ0n) is 25.3. The van der Waals surface area contributed by atoms with Gasteiger partial charge in [-0.2, -0.15) is 0 Å². The average molecular weight is 585 g/mol. The Morgan fingerprint density at radius 3 is 2.31 bits per heavy atom. The third-order valence-corrected chi connectivity index (χ3v) is 7.01. The van der Waals surface area contributed by atoms with Gasteiger partial charge < -0.3 is 29.9 Å². The van der Waals surface area contributed by atoms with Crippen LogP contribution in [0.1, 0.15) is 77.1 Å². The van der Waals surface area contributed by atoms with Crippen LogP contribution in [-0.2, 0) is 15.9 Å². The van der Waals surface area contributed by atoms with Crippen LogP contribution >= 0.6 is 0 Å². The van der Waals surface area contributed by atoms with E-state index in [-0.39, 0.29) is 29.5 Å². The Kier molecular flexibility index (Phi) is 11.7. The van der Waals surface area contributed by atoms with Gasteiger partial charge in [-0.1, -0.05) is 6.07 Å². The number of aryl methyl sites for hydroxylation is 1. The van der Waals surface area contributed by atoms with E-state index >= 15 is 0 Å². The highest BCUT2D eigenvalue weighted by Gasteiger charge is 2.26. The van der Waals surface area contributed by atoms with Gasteiger partial charge in [-0.05, 0) is 75.8 Å². The summed E-state index contributed by atoms with van der Waals surface area (Å²) in [6, 6.07) is 6.83. The molecule has 11 nitrogen and oxygen atoms in total. The number of aromatic nitrogens is 1. The van der Waals surface area contributed by atoms with E-state index in [9.17, 15) is 19.5 Å². The summed E-state index contributed by atoms with van der Waals surface area (Å²) in [6.07, 6.45) is 5.47. The Balaban J connectivity index is 0.000000241. The second-order valence-corrected chi connectivity index (χ2v) is 11.7. The summed E-state index contributed by atoms with van der Waals surface area (Å²) in [5, 5.41) is 21.1. The number of rotatable bonds is 9. The molecular weight excluding hydrogens is 540 g/mol. The number of nitrogens with zero attached hydrogens (tertiary/aromatic N) is 3. The van der Waals surface area contributed by atoms with Crippen LogP contribution in [0.15, 0.2) is 30.5 Å². The molecule has 2 aliphatic rings. The SMILES string of the molecule is CC(C)(C)OC(=O)N1CCN(CCc2ccc(C3CC3)cn2)CC1.COCCNC(=O)c1cc(C(=O)O)c(C)cc1O. The van der Waals surface area contributed by atoms with E-state index in [2.05, 4.69) is 27.3 Å². The van der Waals surface area contributed by atoms with E-state index in [1.165, 1.54) is 31.6 Å². The topological polar surface area (TPSA) is 142 Å². The normalized spacial score (nSPS) is 15.4. The van der Waals surface area contributed by atoms with Crippen molar-refractivity contribution in [2.75, 3.05) is 53.0 Å². The Morgan fingerprint density at radius 1 is 1.07 bits per heavy atom. The van der Waals surface area contributed by atoms with Gasteiger partial charge in [0.1, 0.15) is 11.4 Å². The van der Waals surface area contributed by atoms with Crippen molar-refractivity contribution in [1.82, 2.24) is 20.1 Å². The molecule has 0 atom stereocenters. The number of benzene rings is 1. The molecule has 3 N–H and O–H groups in total. The number of hydrogen-bond donors (Lipinski definition) is 3. The Labute approximate surface area is 247 Å². The number of amides is 2. The molecule has 1 aromatic carbocycles. The fourth-order valence-electron chi connectivity index (χ4n) is 4.46. The molecule has 2 aromatic rings. The highest BCUT2D eigenvalue weighted by atomic mass is 16.6. The van der Waals surface area contributed by atoms with E-state index in [1.54, 1.807) is 6.92 Å². The summed E-state index contributed by atoms with van der Waals surface area (Å²) in [7, 11) is 1.50. The van der Waals surface area contributed by atoms with Crippen LogP contribution in [0.25, 0.3) is 0 Å². The number of aromatic hydroxyl groups is 1. The lowest BCUT2D eigenvalue weighted by atomic mass is 10.0. The molecule has 2 fully saturated rings. The number of nitrogens with one attached hydrogen (secondary N) is 1. The van der Waals surface area contributed by atoms with Gasteiger partial charge >= 0.3 is 12.1 Å². The summed E-state index contributed by atoms with van der Waals surface area (Å²) in [4.78, 5) is 43.5.